The van der Waals surface area contributed by atoms with E-state index in [1.807, 2.05) is 6.92 Å². The van der Waals surface area contributed by atoms with E-state index in [2.05, 4.69) is 20.3 Å². The fourth-order valence-corrected chi connectivity index (χ4v) is 3.13. The van der Waals surface area contributed by atoms with Gasteiger partial charge in [0.2, 0.25) is 5.13 Å². The van der Waals surface area contributed by atoms with Crippen LogP contribution in [-0.2, 0) is 4.74 Å². The van der Waals surface area contributed by atoms with Crippen LogP contribution in [0.1, 0.15) is 27.6 Å². The number of ether oxygens (including phenoxy) is 1. The molecule has 0 aliphatic carbocycles. The van der Waals surface area contributed by atoms with Gasteiger partial charge in [0.25, 0.3) is 5.91 Å². The third-order valence-electron chi connectivity index (χ3n) is 2.46. The van der Waals surface area contributed by atoms with E-state index in [0.717, 1.165) is 10.1 Å². The normalized spacial score (nSPS) is 10.2. The monoisotopic (exact) mass is 323 g/mol. The molecule has 0 saturated carbocycles. The number of nitrogens with zero attached hydrogens (tertiary/aromatic N) is 2. The Morgan fingerprint density at radius 1 is 1.24 bits per heavy atom. The molecule has 2 rings (SSSR count). The van der Waals surface area contributed by atoms with E-state index in [-0.39, 0.29) is 5.91 Å². The van der Waals surface area contributed by atoms with E-state index in [0.29, 0.717) is 16.3 Å². The van der Waals surface area contributed by atoms with Crippen LogP contribution in [0.5, 0.6) is 0 Å². The van der Waals surface area contributed by atoms with Crippen molar-refractivity contribution in [3.05, 3.63) is 35.4 Å². The van der Waals surface area contributed by atoms with E-state index in [4.69, 9.17) is 0 Å². The van der Waals surface area contributed by atoms with Crippen molar-refractivity contribution in [1.29, 1.82) is 0 Å². The zero-order valence-corrected chi connectivity index (χ0v) is 13.1. The second-order valence-electron chi connectivity index (χ2n) is 3.83. The van der Waals surface area contributed by atoms with Gasteiger partial charge < -0.3 is 4.74 Å². The molecule has 6 nitrogen and oxygen atoms in total. The molecule has 2 aromatic rings. The molecule has 21 heavy (non-hydrogen) atoms. The molecule has 1 amide bonds. The first kappa shape index (κ1) is 15.5. The van der Waals surface area contributed by atoms with E-state index >= 15 is 0 Å². The van der Waals surface area contributed by atoms with E-state index < -0.39 is 5.97 Å². The summed E-state index contributed by atoms with van der Waals surface area (Å²) in [6.07, 6.45) is 0. The molecule has 0 aliphatic rings. The van der Waals surface area contributed by atoms with Crippen molar-refractivity contribution in [2.24, 2.45) is 0 Å². The number of benzene rings is 1. The van der Waals surface area contributed by atoms with Crippen LogP contribution < -0.4 is 5.32 Å². The maximum atomic E-state index is 12.0. The Labute approximate surface area is 129 Å². The molecule has 1 aromatic heterocycles. The largest absolute Gasteiger partial charge is 0.465 e. The zero-order valence-electron chi connectivity index (χ0n) is 11.5. The van der Waals surface area contributed by atoms with Crippen molar-refractivity contribution in [2.45, 2.75) is 11.3 Å². The van der Waals surface area contributed by atoms with Crippen LogP contribution in [-0.4, -0.2) is 34.9 Å². The van der Waals surface area contributed by atoms with E-state index in [1.54, 1.807) is 36.0 Å². The minimum Gasteiger partial charge on any atom is -0.465 e. The molecule has 0 unspecified atom stereocenters. The number of nitrogens with one attached hydrogen (secondary N) is 1. The average Bonchev–Trinajstić information content (AvgIpc) is 2.94. The number of hydrogen-bond acceptors (Lipinski definition) is 7. The van der Waals surface area contributed by atoms with Crippen LogP contribution in [0.2, 0.25) is 0 Å². The molecule has 1 N–H and O–H groups in total. The van der Waals surface area contributed by atoms with Crippen molar-refractivity contribution in [3.8, 4) is 0 Å². The molecule has 8 heteroatoms. The number of aromatic nitrogens is 2. The summed E-state index contributed by atoms with van der Waals surface area (Å²) in [4.78, 5) is 23.3. The summed E-state index contributed by atoms with van der Waals surface area (Å²) in [6, 6.07) is 6.20. The molecular formula is C13H13N3O3S2. The average molecular weight is 323 g/mol. The Morgan fingerprint density at radius 2 is 1.90 bits per heavy atom. The number of methoxy groups -OCH3 is 1. The topological polar surface area (TPSA) is 81.2 Å². The van der Waals surface area contributed by atoms with Crippen molar-refractivity contribution < 1.29 is 14.3 Å². The summed E-state index contributed by atoms with van der Waals surface area (Å²) in [5.41, 5.74) is 0.828. The minimum atomic E-state index is -0.438. The van der Waals surface area contributed by atoms with Gasteiger partial charge in [-0.3, -0.25) is 10.1 Å². The molecule has 1 heterocycles. The molecular weight excluding hydrogens is 310 g/mol. The Morgan fingerprint density at radius 3 is 2.52 bits per heavy atom. The van der Waals surface area contributed by atoms with Crippen LogP contribution >= 0.6 is 23.1 Å². The van der Waals surface area contributed by atoms with Crippen molar-refractivity contribution in [2.75, 3.05) is 18.2 Å². The van der Waals surface area contributed by atoms with Gasteiger partial charge in [-0.2, -0.15) is 0 Å². The number of carbonyl (C=O) groups is 2. The molecule has 0 saturated heterocycles. The highest BCUT2D eigenvalue weighted by Gasteiger charge is 2.11. The zero-order chi connectivity index (χ0) is 15.2. The minimum absolute atomic E-state index is 0.296. The smallest absolute Gasteiger partial charge is 0.337 e. The van der Waals surface area contributed by atoms with Gasteiger partial charge in [0.15, 0.2) is 4.34 Å². The molecule has 0 fully saturated rings. The first-order chi connectivity index (χ1) is 10.1. The van der Waals surface area contributed by atoms with Gasteiger partial charge in [-0.1, -0.05) is 30.0 Å². The predicted molar refractivity (Wildman–Crippen MR) is 82.0 cm³/mol. The maximum Gasteiger partial charge on any atom is 0.337 e. The molecule has 0 bridgehead atoms. The van der Waals surface area contributed by atoms with Gasteiger partial charge in [0.1, 0.15) is 0 Å². The highest BCUT2D eigenvalue weighted by molar-refractivity contribution is 8.01. The fourth-order valence-electron chi connectivity index (χ4n) is 1.49. The molecule has 1 aromatic carbocycles. The van der Waals surface area contributed by atoms with Crippen LogP contribution in [0.25, 0.3) is 0 Å². The Kier molecular flexibility index (Phi) is 5.29. The summed E-state index contributed by atoms with van der Waals surface area (Å²) in [7, 11) is 1.31. The Bertz CT molecular complexity index is 640. The number of thioether (sulfide) groups is 1. The van der Waals surface area contributed by atoms with Crippen LogP contribution in [0.15, 0.2) is 28.6 Å². The summed E-state index contributed by atoms with van der Waals surface area (Å²) >= 11 is 2.90. The number of hydrogen-bond donors (Lipinski definition) is 1. The van der Waals surface area contributed by atoms with E-state index in [1.165, 1.54) is 18.4 Å². The highest BCUT2D eigenvalue weighted by atomic mass is 32.2. The first-order valence-electron chi connectivity index (χ1n) is 6.10. The third-order valence-corrected chi connectivity index (χ3v) is 4.32. The highest BCUT2D eigenvalue weighted by Crippen LogP contribution is 2.25. The maximum absolute atomic E-state index is 12.0. The molecule has 0 spiro atoms. The van der Waals surface area contributed by atoms with E-state index in [9.17, 15) is 9.59 Å². The molecule has 0 atom stereocenters. The van der Waals surface area contributed by atoms with Gasteiger partial charge in [-0.05, 0) is 30.0 Å². The molecule has 0 aliphatic heterocycles. The van der Waals surface area contributed by atoms with Crippen LogP contribution in [0.4, 0.5) is 5.13 Å². The van der Waals surface area contributed by atoms with Crippen molar-refractivity contribution >= 4 is 40.1 Å². The second kappa shape index (κ2) is 7.19. The summed E-state index contributed by atoms with van der Waals surface area (Å²) in [5, 5.41) is 11.0. The van der Waals surface area contributed by atoms with Crippen molar-refractivity contribution in [3.63, 3.8) is 0 Å². The number of esters is 1. The Balaban J connectivity index is 2.04. The molecule has 110 valence electrons. The van der Waals surface area contributed by atoms with Gasteiger partial charge in [0, 0.05) is 5.56 Å². The van der Waals surface area contributed by atoms with Gasteiger partial charge >= 0.3 is 5.97 Å². The lowest BCUT2D eigenvalue weighted by Crippen LogP contribution is -2.12. The second-order valence-corrected chi connectivity index (χ2v) is 6.32. The van der Waals surface area contributed by atoms with Crippen molar-refractivity contribution in [1.82, 2.24) is 10.2 Å². The lowest BCUT2D eigenvalue weighted by atomic mass is 10.1. The lowest BCUT2D eigenvalue weighted by Gasteiger charge is -2.02. The standard InChI is InChI=1S/C13H13N3O3S2/c1-3-20-13-16-15-12(21-13)14-10(17)8-4-6-9(7-5-8)11(18)19-2/h4-7H,3H2,1-2H3,(H,14,15,17). The predicted octanol–water partition coefficient (Wildman–Crippen LogP) is 2.69. The number of rotatable bonds is 5. The first-order valence-corrected chi connectivity index (χ1v) is 7.90. The number of anilines is 1. The lowest BCUT2D eigenvalue weighted by molar-refractivity contribution is 0.0600. The summed E-state index contributed by atoms with van der Waals surface area (Å²) in [5.74, 6) is 0.167. The quantitative estimate of drug-likeness (QED) is 0.517. The van der Waals surface area contributed by atoms with Gasteiger partial charge in [-0.25, -0.2) is 4.79 Å². The van der Waals surface area contributed by atoms with Crippen LogP contribution in [0.3, 0.4) is 0 Å². The summed E-state index contributed by atoms with van der Waals surface area (Å²) in [6.45, 7) is 2.02. The number of amides is 1. The molecule has 0 radical (unpaired) electrons. The SMILES string of the molecule is CCSc1nnc(NC(=O)c2ccc(C(=O)OC)cc2)s1. The van der Waals surface area contributed by atoms with Gasteiger partial charge in [-0.15, -0.1) is 10.2 Å². The third kappa shape index (κ3) is 4.02. The Hall–Kier alpha value is -1.93. The summed E-state index contributed by atoms with van der Waals surface area (Å²) < 4.78 is 5.41. The number of carbonyl (C=O) groups excluding carboxylic acids is 2. The van der Waals surface area contributed by atoms with Crippen LogP contribution in [0, 0.1) is 0 Å². The van der Waals surface area contributed by atoms with Gasteiger partial charge in [0.05, 0.1) is 12.7 Å². The fraction of sp³-hybridized carbons (Fsp3) is 0.231.